The fourth-order valence-electron chi connectivity index (χ4n) is 1.81. The summed E-state index contributed by atoms with van der Waals surface area (Å²) in [4.78, 5) is 0. The predicted molar refractivity (Wildman–Crippen MR) is 78.3 cm³/mol. The number of ether oxygens (including phenoxy) is 1. The molecule has 0 aliphatic carbocycles. The molecule has 2 nitrogen and oxygen atoms in total. The van der Waals surface area contributed by atoms with Crippen LogP contribution in [-0.2, 0) is 12.0 Å². The van der Waals surface area contributed by atoms with Crippen LogP contribution in [0.25, 0.3) is 0 Å². The highest BCUT2D eigenvalue weighted by Gasteiger charge is 2.16. The first-order valence-corrected chi connectivity index (χ1v) is 6.85. The van der Waals surface area contributed by atoms with E-state index in [-0.39, 0.29) is 11.5 Å². The summed E-state index contributed by atoms with van der Waals surface area (Å²) in [5.41, 5.74) is 2.78. The summed E-state index contributed by atoms with van der Waals surface area (Å²) < 4.78 is 5.87. The normalized spacial score (nSPS) is 11.9. The van der Waals surface area contributed by atoms with Crippen LogP contribution in [0, 0.1) is 0 Å². The molecule has 0 saturated carbocycles. The molecular weight excluding hydrogens is 222 g/mol. The van der Waals surface area contributed by atoms with Crippen LogP contribution in [0.2, 0.25) is 0 Å². The molecule has 2 heteroatoms. The van der Waals surface area contributed by atoms with Gasteiger partial charge in [0.25, 0.3) is 0 Å². The predicted octanol–water partition coefficient (Wildman–Crippen LogP) is 3.88. The fourth-order valence-corrected chi connectivity index (χ4v) is 1.81. The van der Waals surface area contributed by atoms with Crippen LogP contribution >= 0.6 is 0 Å². The Morgan fingerprint density at radius 2 is 1.89 bits per heavy atom. The second kappa shape index (κ2) is 6.24. The van der Waals surface area contributed by atoms with Gasteiger partial charge in [0.2, 0.25) is 0 Å². The van der Waals surface area contributed by atoms with Gasteiger partial charge in [-0.25, -0.2) is 0 Å². The molecule has 0 heterocycles. The molecule has 0 amide bonds. The topological polar surface area (TPSA) is 21.3 Å². The van der Waals surface area contributed by atoms with E-state index in [1.807, 2.05) is 0 Å². The van der Waals surface area contributed by atoms with Gasteiger partial charge in [-0.05, 0) is 37.4 Å². The first-order valence-electron chi connectivity index (χ1n) is 6.85. The van der Waals surface area contributed by atoms with E-state index in [4.69, 9.17) is 4.74 Å². The summed E-state index contributed by atoms with van der Waals surface area (Å²) in [5.74, 6) is 0.999. The van der Waals surface area contributed by atoms with Crippen molar-refractivity contribution >= 4 is 0 Å². The number of rotatable bonds is 5. The highest BCUT2D eigenvalue weighted by molar-refractivity contribution is 5.39. The first kappa shape index (κ1) is 15.0. The molecular formula is C16H27NO. The monoisotopic (exact) mass is 249 g/mol. The third-order valence-corrected chi connectivity index (χ3v) is 2.85. The van der Waals surface area contributed by atoms with Gasteiger partial charge in [-0.15, -0.1) is 0 Å². The lowest BCUT2D eigenvalue weighted by molar-refractivity contribution is 0.239. The SMILES string of the molecule is CCNCc1cc(C(C)(C)C)ccc1OC(C)C. The zero-order valence-electron chi connectivity index (χ0n) is 12.6. The molecule has 1 aromatic carbocycles. The van der Waals surface area contributed by atoms with E-state index >= 15 is 0 Å². The Hall–Kier alpha value is -1.02. The Balaban J connectivity index is 3.04. The van der Waals surface area contributed by atoms with Crippen LogP contribution in [0.5, 0.6) is 5.75 Å². The van der Waals surface area contributed by atoms with Crippen molar-refractivity contribution in [2.24, 2.45) is 0 Å². The molecule has 1 rings (SSSR count). The van der Waals surface area contributed by atoms with Crippen molar-refractivity contribution in [1.29, 1.82) is 0 Å². The first-order chi connectivity index (χ1) is 8.34. The van der Waals surface area contributed by atoms with Crippen LogP contribution in [-0.4, -0.2) is 12.6 Å². The van der Waals surface area contributed by atoms with E-state index in [0.29, 0.717) is 0 Å². The van der Waals surface area contributed by atoms with Crippen LogP contribution in [0.15, 0.2) is 18.2 Å². The highest BCUT2D eigenvalue weighted by atomic mass is 16.5. The molecule has 0 atom stereocenters. The minimum atomic E-state index is 0.178. The maximum Gasteiger partial charge on any atom is 0.124 e. The third-order valence-electron chi connectivity index (χ3n) is 2.85. The average molecular weight is 249 g/mol. The molecule has 1 aromatic rings. The molecule has 0 radical (unpaired) electrons. The summed E-state index contributed by atoms with van der Waals surface area (Å²) in [5, 5.41) is 3.38. The van der Waals surface area contributed by atoms with Gasteiger partial charge in [0.15, 0.2) is 0 Å². The maximum atomic E-state index is 5.87. The third kappa shape index (κ3) is 4.34. The second-order valence-electron chi connectivity index (χ2n) is 6.02. The Kier molecular flexibility index (Phi) is 5.21. The molecule has 0 aromatic heterocycles. The number of benzene rings is 1. The number of hydrogen-bond acceptors (Lipinski definition) is 2. The van der Waals surface area contributed by atoms with E-state index in [1.165, 1.54) is 11.1 Å². The van der Waals surface area contributed by atoms with E-state index in [2.05, 4.69) is 65.1 Å². The van der Waals surface area contributed by atoms with Crippen molar-refractivity contribution in [3.8, 4) is 5.75 Å². The molecule has 0 spiro atoms. The summed E-state index contributed by atoms with van der Waals surface area (Å²) in [7, 11) is 0. The Morgan fingerprint density at radius 3 is 2.39 bits per heavy atom. The lowest BCUT2D eigenvalue weighted by Crippen LogP contribution is -2.17. The van der Waals surface area contributed by atoms with Crippen molar-refractivity contribution in [2.45, 2.75) is 59.6 Å². The minimum absolute atomic E-state index is 0.178. The Labute approximate surface area is 112 Å². The molecule has 0 aliphatic rings. The highest BCUT2D eigenvalue weighted by Crippen LogP contribution is 2.28. The second-order valence-corrected chi connectivity index (χ2v) is 6.02. The molecule has 18 heavy (non-hydrogen) atoms. The standard InChI is InChI=1S/C16H27NO/c1-7-17-11-13-10-14(16(4,5)6)8-9-15(13)18-12(2)3/h8-10,12,17H,7,11H2,1-6H3. The fraction of sp³-hybridized carbons (Fsp3) is 0.625. The lowest BCUT2D eigenvalue weighted by atomic mass is 9.86. The zero-order valence-corrected chi connectivity index (χ0v) is 12.6. The van der Waals surface area contributed by atoms with Crippen LogP contribution < -0.4 is 10.1 Å². The molecule has 0 fully saturated rings. The molecule has 0 saturated heterocycles. The molecule has 0 bridgehead atoms. The van der Waals surface area contributed by atoms with Gasteiger partial charge in [-0.3, -0.25) is 0 Å². The van der Waals surface area contributed by atoms with E-state index in [9.17, 15) is 0 Å². The summed E-state index contributed by atoms with van der Waals surface area (Å²) in [6, 6.07) is 6.54. The largest absolute Gasteiger partial charge is 0.491 e. The van der Waals surface area contributed by atoms with E-state index in [0.717, 1.165) is 18.8 Å². The van der Waals surface area contributed by atoms with Crippen molar-refractivity contribution in [1.82, 2.24) is 5.32 Å². The quantitative estimate of drug-likeness (QED) is 0.855. The van der Waals surface area contributed by atoms with Crippen molar-refractivity contribution in [3.05, 3.63) is 29.3 Å². The van der Waals surface area contributed by atoms with E-state index < -0.39 is 0 Å². The van der Waals surface area contributed by atoms with Gasteiger partial charge in [-0.2, -0.15) is 0 Å². The van der Waals surface area contributed by atoms with Crippen LogP contribution in [0.3, 0.4) is 0 Å². The molecule has 0 unspecified atom stereocenters. The number of hydrogen-bond donors (Lipinski definition) is 1. The minimum Gasteiger partial charge on any atom is -0.491 e. The van der Waals surface area contributed by atoms with Gasteiger partial charge in [0, 0.05) is 12.1 Å². The molecule has 102 valence electrons. The summed E-state index contributed by atoms with van der Waals surface area (Å²) in [6.45, 7) is 14.8. The zero-order chi connectivity index (χ0) is 13.8. The number of nitrogens with one attached hydrogen (secondary N) is 1. The van der Waals surface area contributed by atoms with Crippen molar-refractivity contribution in [2.75, 3.05) is 6.54 Å². The van der Waals surface area contributed by atoms with E-state index in [1.54, 1.807) is 0 Å². The lowest BCUT2D eigenvalue weighted by Gasteiger charge is -2.22. The Bertz CT molecular complexity index is 377. The molecule has 0 aliphatic heterocycles. The van der Waals surface area contributed by atoms with Gasteiger partial charge < -0.3 is 10.1 Å². The Morgan fingerprint density at radius 1 is 1.22 bits per heavy atom. The van der Waals surface area contributed by atoms with Crippen LogP contribution in [0.1, 0.15) is 52.7 Å². The van der Waals surface area contributed by atoms with Crippen molar-refractivity contribution in [3.63, 3.8) is 0 Å². The van der Waals surface area contributed by atoms with Crippen molar-refractivity contribution < 1.29 is 4.74 Å². The van der Waals surface area contributed by atoms with Crippen LogP contribution in [0.4, 0.5) is 0 Å². The summed E-state index contributed by atoms with van der Waals surface area (Å²) >= 11 is 0. The average Bonchev–Trinajstić information content (AvgIpc) is 2.25. The van der Waals surface area contributed by atoms with Gasteiger partial charge in [0.1, 0.15) is 5.75 Å². The maximum absolute atomic E-state index is 5.87. The smallest absolute Gasteiger partial charge is 0.124 e. The van der Waals surface area contributed by atoms with Gasteiger partial charge >= 0.3 is 0 Å². The summed E-state index contributed by atoms with van der Waals surface area (Å²) in [6.07, 6.45) is 0.214. The van der Waals surface area contributed by atoms with Gasteiger partial charge in [-0.1, -0.05) is 39.8 Å². The van der Waals surface area contributed by atoms with Gasteiger partial charge in [0.05, 0.1) is 6.10 Å². The molecule has 1 N–H and O–H groups in total.